The highest BCUT2D eigenvalue weighted by Gasteiger charge is 2.10. The molecule has 0 saturated heterocycles. The molecule has 0 aliphatic carbocycles. The predicted octanol–water partition coefficient (Wildman–Crippen LogP) is 3.18. The Balaban J connectivity index is 2.11. The molecule has 0 bridgehead atoms. The Labute approximate surface area is 119 Å². The number of benzene rings is 2. The van der Waals surface area contributed by atoms with Crippen molar-refractivity contribution in [2.24, 2.45) is 0 Å². The first kappa shape index (κ1) is 14.6. The zero-order valence-corrected chi connectivity index (χ0v) is 11.1. The summed E-state index contributed by atoms with van der Waals surface area (Å²) in [6.07, 6.45) is 0. The number of halogens is 2. The number of rotatable bonds is 3. The average Bonchev–Trinajstić information content (AvgIpc) is 2.42. The van der Waals surface area contributed by atoms with E-state index in [-0.39, 0.29) is 17.2 Å². The van der Waals surface area contributed by atoms with E-state index in [1.165, 1.54) is 19.1 Å². The number of amides is 2. The molecule has 2 rings (SSSR count). The first-order valence-electron chi connectivity index (χ1n) is 6.10. The largest absolute Gasteiger partial charge is 0.326 e. The lowest BCUT2D eigenvalue weighted by Gasteiger charge is -2.07. The molecule has 2 amide bonds. The van der Waals surface area contributed by atoms with Gasteiger partial charge in [0.2, 0.25) is 5.91 Å². The summed E-state index contributed by atoms with van der Waals surface area (Å²) in [5.41, 5.74) is 0.729. The molecule has 4 nitrogen and oxygen atoms in total. The van der Waals surface area contributed by atoms with Gasteiger partial charge in [-0.3, -0.25) is 9.59 Å². The van der Waals surface area contributed by atoms with Gasteiger partial charge in [0.15, 0.2) is 0 Å². The Hall–Kier alpha value is -2.76. The van der Waals surface area contributed by atoms with Gasteiger partial charge in [0.05, 0.1) is 5.69 Å². The average molecular weight is 290 g/mol. The van der Waals surface area contributed by atoms with Crippen molar-refractivity contribution in [3.05, 3.63) is 59.7 Å². The zero-order valence-electron chi connectivity index (χ0n) is 11.1. The van der Waals surface area contributed by atoms with Crippen LogP contribution in [0.15, 0.2) is 42.5 Å². The maximum absolute atomic E-state index is 13.4. The van der Waals surface area contributed by atoms with E-state index in [0.717, 1.165) is 12.1 Å². The Morgan fingerprint density at radius 3 is 2.19 bits per heavy atom. The van der Waals surface area contributed by atoms with E-state index in [1.807, 2.05) is 0 Å². The summed E-state index contributed by atoms with van der Waals surface area (Å²) in [5.74, 6) is -2.32. The smallest absolute Gasteiger partial charge is 0.255 e. The van der Waals surface area contributed by atoms with Crippen molar-refractivity contribution in [2.75, 3.05) is 10.6 Å². The zero-order chi connectivity index (χ0) is 15.4. The number of carbonyl (C=O) groups excluding carboxylic acids is 2. The molecule has 0 atom stereocenters. The van der Waals surface area contributed by atoms with Gasteiger partial charge in [0.25, 0.3) is 5.91 Å². The van der Waals surface area contributed by atoms with Gasteiger partial charge in [-0.1, -0.05) is 0 Å². The van der Waals surface area contributed by atoms with Crippen LogP contribution in [0.2, 0.25) is 0 Å². The molecule has 21 heavy (non-hydrogen) atoms. The van der Waals surface area contributed by atoms with Crippen molar-refractivity contribution >= 4 is 23.2 Å². The van der Waals surface area contributed by atoms with E-state index in [9.17, 15) is 18.4 Å². The summed E-state index contributed by atoms with van der Waals surface area (Å²) in [6.45, 7) is 1.37. The Morgan fingerprint density at radius 1 is 0.952 bits per heavy atom. The van der Waals surface area contributed by atoms with Gasteiger partial charge in [-0.2, -0.15) is 0 Å². The van der Waals surface area contributed by atoms with Crippen LogP contribution in [0.4, 0.5) is 20.2 Å². The van der Waals surface area contributed by atoms with Crippen LogP contribution >= 0.6 is 0 Å². The van der Waals surface area contributed by atoms with Gasteiger partial charge >= 0.3 is 0 Å². The normalized spacial score (nSPS) is 10.0. The molecule has 108 valence electrons. The van der Waals surface area contributed by atoms with Gasteiger partial charge in [-0.25, -0.2) is 8.78 Å². The summed E-state index contributed by atoms with van der Waals surface area (Å²) in [4.78, 5) is 22.8. The molecule has 0 fully saturated rings. The predicted molar refractivity (Wildman–Crippen MR) is 75.1 cm³/mol. The number of nitrogens with one attached hydrogen (secondary N) is 2. The fourth-order valence-electron chi connectivity index (χ4n) is 1.69. The third kappa shape index (κ3) is 3.85. The minimum Gasteiger partial charge on any atom is -0.326 e. The second-order valence-electron chi connectivity index (χ2n) is 4.34. The molecule has 0 aliphatic rings. The van der Waals surface area contributed by atoms with Crippen LogP contribution in [0.25, 0.3) is 0 Å². The molecule has 0 saturated carbocycles. The molecular formula is C15H12F2N2O2. The van der Waals surface area contributed by atoms with Crippen molar-refractivity contribution in [1.29, 1.82) is 0 Å². The maximum atomic E-state index is 13.4. The Morgan fingerprint density at radius 2 is 1.62 bits per heavy atom. The highest BCUT2D eigenvalue weighted by molar-refractivity contribution is 6.04. The van der Waals surface area contributed by atoms with Gasteiger partial charge in [0, 0.05) is 24.2 Å². The van der Waals surface area contributed by atoms with Crippen LogP contribution in [-0.2, 0) is 4.79 Å². The topological polar surface area (TPSA) is 58.2 Å². The monoisotopic (exact) mass is 290 g/mol. The molecule has 0 spiro atoms. The van der Waals surface area contributed by atoms with Crippen molar-refractivity contribution in [3.8, 4) is 0 Å². The third-order valence-electron chi connectivity index (χ3n) is 2.65. The van der Waals surface area contributed by atoms with Gasteiger partial charge in [-0.15, -0.1) is 0 Å². The summed E-state index contributed by atoms with van der Waals surface area (Å²) in [7, 11) is 0. The molecular weight excluding hydrogens is 278 g/mol. The third-order valence-corrected chi connectivity index (χ3v) is 2.65. The van der Waals surface area contributed by atoms with Crippen molar-refractivity contribution in [1.82, 2.24) is 0 Å². The van der Waals surface area contributed by atoms with Crippen LogP contribution < -0.4 is 10.6 Å². The lowest BCUT2D eigenvalue weighted by Crippen LogP contribution is -2.13. The highest BCUT2D eigenvalue weighted by atomic mass is 19.1. The fourth-order valence-corrected chi connectivity index (χ4v) is 1.69. The van der Waals surface area contributed by atoms with Gasteiger partial charge in [-0.05, 0) is 36.4 Å². The maximum Gasteiger partial charge on any atom is 0.255 e. The number of carbonyl (C=O) groups is 2. The van der Waals surface area contributed by atoms with Crippen LogP contribution in [-0.4, -0.2) is 11.8 Å². The second-order valence-corrected chi connectivity index (χ2v) is 4.34. The van der Waals surface area contributed by atoms with E-state index in [4.69, 9.17) is 0 Å². The summed E-state index contributed by atoms with van der Waals surface area (Å²) in [6, 6.07) is 8.97. The fraction of sp³-hybridized carbons (Fsp3) is 0.0667. The van der Waals surface area contributed by atoms with Crippen molar-refractivity contribution in [2.45, 2.75) is 6.92 Å². The Kier molecular flexibility index (Phi) is 4.27. The van der Waals surface area contributed by atoms with Crippen LogP contribution in [0, 0.1) is 11.6 Å². The lowest BCUT2D eigenvalue weighted by molar-refractivity contribution is -0.114. The number of hydrogen-bond donors (Lipinski definition) is 2. The Bertz CT molecular complexity index is 685. The molecule has 0 heterocycles. The molecule has 0 aromatic heterocycles. The molecule has 0 unspecified atom stereocenters. The van der Waals surface area contributed by atoms with E-state index in [0.29, 0.717) is 11.8 Å². The van der Waals surface area contributed by atoms with E-state index < -0.39 is 17.5 Å². The molecule has 2 aromatic rings. The minimum atomic E-state index is -0.849. The molecule has 2 N–H and O–H groups in total. The summed E-state index contributed by atoms with van der Waals surface area (Å²) in [5, 5.41) is 4.91. The highest BCUT2D eigenvalue weighted by Crippen LogP contribution is 2.17. The first-order chi connectivity index (χ1) is 9.95. The molecule has 2 aromatic carbocycles. The summed E-state index contributed by atoms with van der Waals surface area (Å²) < 4.78 is 26.2. The quantitative estimate of drug-likeness (QED) is 0.912. The van der Waals surface area contributed by atoms with Crippen LogP contribution in [0.3, 0.4) is 0 Å². The molecule has 6 heteroatoms. The van der Waals surface area contributed by atoms with Crippen molar-refractivity contribution < 1.29 is 18.4 Å². The van der Waals surface area contributed by atoms with Crippen LogP contribution in [0.1, 0.15) is 17.3 Å². The van der Waals surface area contributed by atoms with Gasteiger partial charge < -0.3 is 10.6 Å². The van der Waals surface area contributed by atoms with Gasteiger partial charge in [0.1, 0.15) is 11.6 Å². The van der Waals surface area contributed by atoms with Crippen molar-refractivity contribution in [3.63, 3.8) is 0 Å². The molecule has 0 radical (unpaired) electrons. The number of hydrogen-bond acceptors (Lipinski definition) is 2. The standard InChI is InChI=1S/C15H12F2N2O2/c1-9(20)18-12-5-2-10(3-6-12)15(21)19-14-7-4-11(16)8-13(14)17/h2-8H,1H3,(H,18,20)(H,19,21). The SMILES string of the molecule is CC(=O)Nc1ccc(C(=O)Nc2ccc(F)cc2F)cc1. The molecule has 0 aliphatic heterocycles. The summed E-state index contributed by atoms with van der Waals surface area (Å²) >= 11 is 0. The number of anilines is 2. The lowest BCUT2D eigenvalue weighted by atomic mass is 10.2. The first-order valence-corrected chi connectivity index (χ1v) is 6.10. The minimum absolute atomic E-state index is 0.104. The van der Waals surface area contributed by atoms with E-state index in [2.05, 4.69) is 10.6 Å². The van der Waals surface area contributed by atoms with E-state index in [1.54, 1.807) is 12.1 Å². The second kappa shape index (κ2) is 6.13. The van der Waals surface area contributed by atoms with Crippen LogP contribution in [0.5, 0.6) is 0 Å². The van der Waals surface area contributed by atoms with E-state index >= 15 is 0 Å².